The number of carboxylic acids is 1. The third kappa shape index (κ3) is 16.3. The molecule has 5 atom stereocenters. The zero-order valence-corrected chi connectivity index (χ0v) is 54.7. The van der Waals surface area contributed by atoms with Gasteiger partial charge in [0.2, 0.25) is 11.3 Å². The van der Waals surface area contributed by atoms with E-state index in [1.54, 1.807) is 12.1 Å². The summed E-state index contributed by atoms with van der Waals surface area (Å²) in [5, 5.41) is 15.9. The predicted octanol–water partition coefficient (Wildman–Crippen LogP) is 4.59. The zero-order valence-electron chi connectivity index (χ0n) is 50.4. The molecule has 0 radical (unpaired) electrons. The molecule has 0 aliphatic carbocycles. The number of nitrogen functional groups attached to an aromatic ring is 1. The highest BCUT2D eigenvalue weighted by Crippen LogP contribution is 2.66. The second-order valence-electron chi connectivity index (χ2n) is 23.2. The average molecular weight is 1380 g/mol. The van der Waals surface area contributed by atoms with Crippen molar-refractivity contribution in [1.29, 1.82) is 0 Å². The Labute approximate surface area is 535 Å². The SMILES string of the molecule is CC(C)(CNC(=O)CCOCCOCCOCCONC(=O)c1ccc(C2=c3cc4c5c(c3Oc3c2cc2c6c3CCCN6CCC2)CCC[N+]=5CCC4)c(C(=O)O)c1)SSCOC1C[C@H](n2cnc3c(N)ncnc32)O[C@@H]1COP(=O)(O)OP(=O)(O)OP(=O)(O)O. The number of aryl methyl sites for hydroxylation is 2. The van der Waals surface area contributed by atoms with E-state index >= 15 is 0 Å². The first kappa shape index (κ1) is 68.0. The molecule has 0 bridgehead atoms. The minimum atomic E-state index is -5.77. The molecule has 0 saturated carbocycles. The Morgan fingerprint density at radius 1 is 0.826 bits per heavy atom. The van der Waals surface area contributed by atoms with E-state index < -0.39 is 65.1 Å². The number of nitrogens with two attached hydrogens (primary N) is 1. The van der Waals surface area contributed by atoms with Gasteiger partial charge in [0, 0.05) is 88.8 Å². The highest BCUT2D eigenvalue weighted by atomic mass is 33.1. The molecule has 0 spiro atoms. The molecule has 2 aromatic heterocycles. The van der Waals surface area contributed by atoms with E-state index in [-0.39, 0.29) is 99.9 Å². The van der Waals surface area contributed by atoms with Crippen molar-refractivity contribution in [3.8, 4) is 11.5 Å². The summed E-state index contributed by atoms with van der Waals surface area (Å²) in [6, 6.07) is 9.26. The van der Waals surface area contributed by atoms with Gasteiger partial charge in [-0.15, -0.1) is 0 Å². The van der Waals surface area contributed by atoms with Crippen LogP contribution in [0.5, 0.6) is 11.5 Å². The van der Waals surface area contributed by atoms with E-state index in [1.807, 2.05) is 13.8 Å². The summed E-state index contributed by atoms with van der Waals surface area (Å²) < 4.78 is 87.6. The van der Waals surface area contributed by atoms with Crippen molar-refractivity contribution in [2.24, 2.45) is 0 Å². The van der Waals surface area contributed by atoms with Crippen molar-refractivity contribution in [1.82, 2.24) is 34.9 Å². The maximum atomic E-state index is 13.5. The number of nitrogens with zero attached hydrogens (tertiary/aromatic N) is 6. The second-order valence-corrected chi connectivity index (χ2v) is 30.5. The second kappa shape index (κ2) is 29.3. The van der Waals surface area contributed by atoms with Crippen LogP contribution in [0, 0.1) is 0 Å². The molecule has 9 N–H and O–H groups in total. The molecule has 30 nitrogen and oxygen atoms in total. The Kier molecular flexibility index (Phi) is 21.6. The van der Waals surface area contributed by atoms with Crippen LogP contribution in [0.1, 0.15) is 113 Å². The van der Waals surface area contributed by atoms with Crippen LogP contribution < -0.4 is 41.3 Å². The topological polar surface area (TPSA) is 396 Å². The number of phosphoric acid groups is 3. The van der Waals surface area contributed by atoms with Gasteiger partial charge in [-0.25, -0.2) is 43.5 Å². The maximum Gasteiger partial charge on any atom is 0.490 e. The summed E-state index contributed by atoms with van der Waals surface area (Å²) in [6.07, 6.45) is 7.83. The number of amides is 2. The van der Waals surface area contributed by atoms with Gasteiger partial charge in [-0.1, -0.05) is 27.7 Å². The number of hydrogen-bond donors (Lipinski definition) is 8. The number of ether oxygens (including phenoxy) is 6. The van der Waals surface area contributed by atoms with Crippen LogP contribution in [0.2, 0.25) is 0 Å². The van der Waals surface area contributed by atoms with Gasteiger partial charge in [0.25, 0.3) is 5.91 Å². The third-order valence-electron chi connectivity index (χ3n) is 16.2. The number of benzene rings is 3. The summed E-state index contributed by atoms with van der Waals surface area (Å²) >= 11 is 0. The van der Waals surface area contributed by atoms with Crippen molar-refractivity contribution in [3.63, 3.8) is 0 Å². The number of aromatic carboxylic acids is 1. The van der Waals surface area contributed by atoms with Crippen LogP contribution in [-0.2, 0) is 85.8 Å². The summed E-state index contributed by atoms with van der Waals surface area (Å²) in [4.78, 5) is 97.2. The number of fused-ring (bicyclic) bond motifs is 5. The number of aromatic nitrogens is 4. The van der Waals surface area contributed by atoms with E-state index in [0.29, 0.717) is 11.2 Å². The standard InChI is InChI=1S/C57H72N9O21P3S2/c1-57(2,92-91-33-81-43-28-46(66-32-62-48-53(58)60-31-61-54(48)66)84-44(43)29-83-89(74,75)87-90(76,77)86-88(71,72)73)30-59-45(67)13-18-78-19-20-79-21-22-80-23-24-82-63-55(68)36-11-12-37(40(27-36)56(69)70)47-41-25-34-7-3-14-64-16-5-9-38(49(34)64)51(41)85-52-39-10-6-17-65-15-4-8-35(50(39)65)26-42(47)52/h11-12,25-27,31-32,43-44,46H,3-10,13-24,28-30,33H2,1-2H3,(H8-,58,59,60,61,63,67,68,69,70,71,72,73,74,75,76,77)/p+1/t43?,44-,46-/m1/s1. The molecular weight excluding hydrogens is 1300 g/mol. The van der Waals surface area contributed by atoms with Gasteiger partial charge in [-0.3, -0.25) is 23.5 Å². The lowest BCUT2D eigenvalue weighted by atomic mass is 9.81. The molecule has 498 valence electrons. The van der Waals surface area contributed by atoms with Crippen molar-refractivity contribution in [2.45, 2.75) is 101 Å². The van der Waals surface area contributed by atoms with Crippen LogP contribution >= 0.6 is 45.1 Å². The van der Waals surface area contributed by atoms with Crippen molar-refractivity contribution < 1.29 is 99.2 Å². The van der Waals surface area contributed by atoms with Crippen LogP contribution in [0.15, 0.2) is 43.0 Å². The number of rotatable bonds is 31. The number of phosphoric ester groups is 1. The monoisotopic (exact) mass is 1380 g/mol. The smallest absolute Gasteiger partial charge is 0.478 e. The van der Waals surface area contributed by atoms with Crippen LogP contribution in [0.25, 0.3) is 16.7 Å². The van der Waals surface area contributed by atoms with Crippen LogP contribution in [0.4, 0.5) is 11.5 Å². The third-order valence-corrected chi connectivity index (χ3v) is 22.9. The minimum absolute atomic E-state index is 0.00489. The first-order chi connectivity index (χ1) is 44.0. The predicted molar refractivity (Wildman–Crippen MR) is 334 cm³/mol. The van der Waals surface area contributed by atoms with Crippen molar-refractivity contribution in [2.75, 3.05) is 102 Å². The molecule has 1 saturated heterocycles. The van der Waals surface area contributed by atoms with E-state index in [0.717, 1.165) is 105 Å². The van der Waals surface area contributed by atoms with Gasteiger partial charge in [0.15, 0.2) is 11.5 Å². The van der Waals surface area contributed by atoms with Crippen LogP contribution in [0.3, 0.4) is 0 Å². The number of carboxylic acid groups (broad SMARTS) is 1. The summed E-state index contributed by atoms with van der Waals surface area (Å²) in [7, 11) is -14.1. The Morgan fingerprint density at radius 2 is 1.54 bits per heavy atom. The van der Waals surface area contributed by atoms with Crippen LogP contribution in [-0.4, -0.2) is 170 Å². The highest BCUT2D eigenvalue weighted by Gasteiger charge is 2.45. The quantitative estimate of drug-likeness (QED) is 0.00736. The summed E-state index contributed by atoms with van der Waals surface area (Å²) in [5.74, 6) is -0.194. The van der Waals surface area contributed by atoms with Gasteiger partial charge in [-0.2, -0.15) is 8.62 Å². The highest BCUT2D eigenvalue weighted by molar-refractivity contribution is 8.77. The Bertz CT molecular complexity index is 3910. The summed E-state index contributed by atoms with van der Waals surface area (Å²) in [5.41, 5.74) is 17.5. The molecule has 35 heteroatoms. The fraction of sp³-hybridized carbons (Fsp3) is 0.526. The molecule has 6 aliphatic rings. The summed E-state index contributed by atoms with van der Waals surface area (Å²) in [6.45, 7) is 8.64. The molecule has 11 rings (SSSR count). The molecule has 92 heavy (non-hydrogen) atoms. The average Bonchev–Trinajstić information content (AvgIpc) is 0.815. The fourth-order valence-corrected chi connectivity index (χ4v) is 17.5. The Morgan fingerprint density at radius 3 is 2.30 bits per heavy atom. The first-order valence-electron chi connectivity index (χ1n) is 30.0. The van der Waals surface area contributed by atoms with Crippen molar-refractivity contribution >= 4 is 91.1 Å². The van der Waals surface area contributed by atoms with Gasteiger partial charge < -0.3 is 69.1 Å². The molecule has 3 unspecified atom stereocenters. The number of hydrogen-bond acceptors (Lipinski definition) is 23. The molecule has 8 heterocycles. The van der Waals surface area contributed by atoms with E-state index in [2.05, 4.69) is 56.0 Å². The zero-order chi connectivity index (χ0) is 65.0. The van der Waals surface area contributed by atoms with E-state index in [9.17, 15) is 43.0 Å². The van der Waals surface area contributed by atoms with Gasteiger partial charge >= 0.3 is 29.4 Å². The maximum absolute atomic E-state index is 13.5. The molecule has 3 aromatic carbocycles. The molecule has 1 fully saturated rings. The largest absolute Gasteiger partial charge is 0.490 e. The lowest BCUT2D eigenvalue weighted by Gasteiger charge is -2.39. The lowest BCUT2D eigenvalue weighted by Crippen LogP contribution is -2.45. The van der Waals surface area contributed by atoms with Gasteiger partial charge in [0.05, 0.1) is 76.4 Å². The van der Waals surface area contributed by atoms with Crippen molar-refractivity contribution in [3.05, 3.63) is 98.1 Å². The van der Waals surface area contributed by atoms with Gasteiger partial charge in [-0.05, 0) is 87.8 Å². The van der Waals surface area contributed by atoms with E-state index in [4.69, 9.17) is 53.3 Å². The lowest BCUT2D eigenvalue weighted by molar-refractivity contribution is -0.122. The normalized spacial score (nSPS) is 19.7. The molecule has 5 aromatic rings. The number of nitrogens with one attached hydrogen (secondary N) is 2. The number of carbonyl (C=O) groups is 3. The number of hydroxylamine groups is 1. The van der Waals surface area contributed by atoms with E-state index in [1.165, 1.54) is 78.2 Å². The Hall–Kier alpha value is -5.44. The number of carbonyl (C=O) groups excluding carboxylic acids is 2. The van der Waals surface area contributed by atoms with Gasteiger partial charge in [0.1, 0.15) is 54.7 Å². The minimum Gasteiger partial charge on any atom is -0.478 e. The first-order valence-corrected chi connectivity index (χ1v) is 36.9. The molecule has 2 amide bonds. The molecular formula is C57H73N9O21P3S2+. The molecule has 6 aliphatic heterocycles. The fourth-order valence-electron chi connectivity index (χ4n) is 12.3. The number of imidazole rings is 1. The Balaban J connectivity index is 0.581. The number of anilines is 2.